The van der Waals surface area contributed by atoms with Gasteiger partial charge in [-0.2, -0.15) is 0 Å². The number of amides is 1. The molecule has 0 fully saturated rings. The SMILES string of the molecule is COc1ccc(NC(=O)Cn2nc3c4c5c(sc4ncn3c2=O)C[C@@H](C)CC5)cc1. The van der Waals surface area contributed by atoms with Crippen LogP contribution in [-0.4, -0.2) is 32.2 Å². The number of fused-ring (bicyclic) bond motifs is 5. The molecule has 0 saturated carbocycles. The van der Waals surface area contributed by atoms with E-state index in [-0.39, 0.29) is 18.1 Å². The topological polar surface area (TPSA) is 90.5 Å². The molecular weight excluding hydrogens is 402 g/mol. The van der Waals surface area contributed by atoms with Crippen molar-refractivity contribution in [2.45, 2.75) is 32.7 Å². The van der Waals surface area contributed by atoms with Crippen molar-refractivity contribution in [1.29, 1.82) is 0 Å². The monoisotopic (exact) mass is 423 g/mol. The van der Waals surface area contributed by atoms with E-state index in [0.29, 0.717) is 23.0 Å². The average molecular weight is 423 g/mol. The van der Waals surface area contributed by atoms with Crippen LogP contribution in [-0.2, 0) is 24.2 Å². The number of benzene rings is 1. The molecule has 1 amide bonds. The Bertz CT molecular complexity index is 1320. The second-order valence-electron chi connectivity index (χ2n) is 7.69. The first-order chi connectivity index (χ1) is 14.5. The maximum atomic E-state index is 12.8. The van der Waals surface area contributed by atoms with E-state index in [9.17, 15) is 9.59 Å². The Hall–Kier alpha value is -3.20. The van der Waals surface area contributed by atoms with Gasteiger partial charge in [0.2, 0.25) is 5.91 Å². The highest BCUT2D eigenvalue weighted by atomic mass is 32.1. The number of hydrogen-bond acceptors (Lipinski definition) is 6. The van der Waals surface area contributed by atoms with Crippen molar-refractivity contribution in [3.05, 3.63) is 51.5 Å². The van der Waals surface area contributed by atoms with Crippen molar-refractivity contribution < 1.29 is 9.53 Å². The van der Waals surface area contributed by atoms with E-state index < -0.39 is 0 Å². The number of nitrogens with one attached hydrogen (secondary N) is 1. The lowest BCUT2D eigenvalue weighted by Crippen LogP contribution is -2.28. The summed E-state index contributed by atoms with van der Waals surface area (Å²) < 4.78 is 7.75. The Labute approximate surface area is 176 Å². The van der Waals surface area contributed by atoms with Gasteiger partial charge in [0.1, 0.15) is 23.5 Å². The number of aryl methyl sites for hydroxylation is 1. The van der Waals surface area contributed by atoms with Gasteiger partial charge >= 0.3 is 5.69 Å². The molecule has 1 aliphatic carbocycles. The predicted molar refractivity (Wildman–Crippen MR) is 115 cm³/mol. The zero-order valence-electron chi connectivity index (χ0n) is 16.7. The number of nitrogens with zero attached hydrogens (tertiary/aromatic N) is 4. The van der Waals surface area contributed by atoms with Crippen LogP contribution in [0, 0.1) is 5.92 Å². The molecule has 0 aliphatic heterocycles. The number of methoxy groups -OCH3 is 1. The van der Waals surface area contributed by atoms with Crippen LogP contribution < -0.4 is 15.7 Å². The fraction of sp³-hybridized carbons (Fsp3) is 0.333. The summed E-state index contributed by atoms with van der Waals surface area (Å²) in [5.74, 6) is 1.04. The van der Waals surface area contributed by atoms with Gasteiger partial charge < -0.3 is 10.1 Å². The van der Waals surface area contributed by atoms with E-state index in [1.165, 1.54) is 25.9 Å². The van der Waals surface area contributed by atoms with E-state index in [1.807, 2.05) is 0 Å². The molecule has 5 rings (SSSR count). The smallest absolute Gasteiger partial charge is 0.352 e. The quantitative estimate of drug-likeness (QED) is 0.545. The van der Waals surface area contributed by atoms with Crippen molar-refractivity contribution in [2.24, 2.45) is 5.92 Å². The molecular formula is C21H21N5O3S. The summed E-state index contributed by atoms with van der Waals surface area (Å²) in [6.45, 7) is 2.09. The molecule has 0 saturated heterocycles. The first-order valence-electron chi connectivity index (χ1n) is 9.86. The van der Waals surface area contributed by atoms with Crippen LogP contribution in [0.5, 0.6) is 5.75 Å². The van der Waals surface area contributed by atoms with E-state index in [1.54, 1.807) is 42.7 Å². The Morgan fingerprint density at radius 3 is 2.90 bits per heavy atom. The Balaban J connectivity index is 1.47. The van der Waals surface area contributed by atoms with Crippen LogP contribution in [0.2, 0.25) is 0 Å². The average Bonchev–Trinajstić information content (AvgIpc) is 3.25. The molecule has 1 aliphatic rings. The Morgan fingerprint density at radius 2 is 2.13 bits per heavy atom. The maximum absolute atomic E-state index is 12.8. The molecule has 3 heterocycles. The number of anilines is 1. The summed E-state index contributed by atoms with van der Waals surface area (Å²) in [7, 11) is 1.58. The molecule has 1 atom stereocenters. The van der Waals surface area contributed by atoms with Crippen molar-refractivity contribution in [3.8, 4) is 5.75 Å². The summed E-state index contributed by atoms with van der Waals surface area (Å²) in [4.78, 5) is 32.0. The molecule has 1 aromatic carbocycles. The first kappa shape index (κ1) is 18.8. The summed E-state index contributed by atoms with van der Waals surface area (Å²) in [5, 5.41) is 8.24. The third-order valence-electron chi connectivity index (χ3n) is 5.54. The highest BCUT2D eigenvalue weighted by Crippen LogP contribution is 2.38. The van der Waals surface area contributed by atoms with Gasteiger partial charge in [-0.05, 0) is 55.0 Å². The maximum Gasteiger partial charge on any atom is 0.352 e. The molecule has 0 radical (unpaired) electrons. The summed E-state index contributed by atoms with van der Waals surface area (Å²) in [6, 6.07) is 7.01. The van der Waals surface area contributed by atoms with Gasteiger partial charge in [-0.1, -0.05) is 6.92 Å². The summed E-state index contributed by atoms with van der Waals surface area (Å²) in [5.41, 5.74) is 2.09. The number of rotatable bonds is 4. The lowest BCUT2D eigenvalue weighted by Gasteiger charge is -2.17. The Kier molecular flexibility index (Phi) is 4.54. The minimum absolute atomic E-state index is 0.169. The molecule has 4 aromatic rings. The third-order valence-corrected chi connectivity index (χ3v) is 6.71. The Morgan fingerprint density at radius 1 is 1.33 bits per heavy atom. The number of aromatic nitrogens is 4. The molecule has 0 spiro atoms. The highest BCUT2D eigenvalue weighted by Gasteiger charge is 2.24. The van der Waals surface area contributed by atoms with Gasteiger partial charge in [-0.25, -0.2) is 18.9 Å². The van der Waals surface area contributed by atoms with Gasteiger partial charge in [0, 0.05) is 10.6 Å². The lowest BCUT2D eigenvalue weighted by molar-refractivity contribution is -0.117. The fourth-order valence-corrected chi connectivity index (χ4v) is 5.32. The van der Waals surface area contributed by atoms with Crippen LogP contribution in [0.1, 0.15) is 23.8 Å². The number of thiophene rings is 1. The second-order valence-corrected chi connectivity index (χ2v) is 8.77. The van der Waals surface area contributed by atoms with E-state index >= 15 is 0 Å². The van der Waals surface area contributed by atoms with Gasteiger partial charge in [0.15, 0.2) is 5.65 Å². The van der Waals surface area contributed by atoms with Crippen LogP contribution in [0.15, 0.2) is 35.4 Å². The number of ether oxygens (including phenoxy) is 1. The zero-order valence-corrected chi connectivity index (χ0v) is 17.5. The van der Waals surface area contributed by atoms with Gasteiger partial charge in [-0.3, -0.25) is 4.79 Å². The zero-order chi connectivity index (χ0) is 20.8. The molecule has 0 bridgehead atoms. The highest BCUT2D eigenvalue weighted by molar-refractivity contribution is 7.19. The molecule has 154 valence electrons. The van der Waals surface area contributed by atoms with Crippen LogP contribution in [0.4, 0.5) is 5.69 Å². The second kappa shape index (κ2) is 7.24. The van der Waals surface area contributed by atoms with Crippen molar-refractivity contribution in [1.82, 2.24) is 19.2 Å². The molecule has 3 aromatic heterocycles. The molecule has 0 unspecified atom stereocenters. The minimum Gasteiger partial charge on any atom is -0.497 e. The van der Waals surface area contributed by atoms with Gasteiger partial charge in [-0.15, -0.1) is 16.4 Å². The number of carbonyl (C=O) groups is 1. The van der Waals surface area contributed by atoms with Crippen molar-refractivity contribution >= 4 is 38.8 Å². The van der Waals surface area contributed by atoms with Crippen LogP contribution in [0.3, 0.4) is 0 Å². The largest absolute Gasteiger partial charge is 0.497 e. The number of hydrogen-bond donors (Lipinski definition) is 1. The molecule has 9 heteroatoms. The van der Waals surface area contributed by atoms with Gasteiger partial charge in [0.25, 0.3) is 0 Å². The van der Waals surface area contributed by atoms with E-state index in [4.69, 9.17) is 4.74 Å². The minimum atomic E-state index is -0.367. The van der Waals surface area contributed by atoms with Crippen LogP contribution >= 0.6 is 11.3 Å². The molecule has 8 nitrogen and oxygen atoms in total. The first-order valence-corrected chi connectivity index (χ1v) is 10.7. The van der Waals surface area contributed by atoms with Gasteiger partial charge in [0.05, 0.1) is 12.5 Å². The summed E-state index contributed by atoms with van der Waals surface area (Å²) in [6.07, 6.45) is 4.64. The van der Waals surface area contributed by atoms with Crippen molar-refractivity contribution in [3.63, 3.8) is 0 Å². The standard InChI is InChI=1S/C21H21N5O3S/c1-12-3-8-15-16(9-12)30-20-18(15)19-24-26(21(28)25(19)11-22-20)10-17(27)23-13-4-6-14(29-2)7-5-13/h4-7,11-12H,3,8-10H2,1-2H3,(H,23,27)/t12-/m0/s1. The predicted octanol–water partition coefficient (Wildman–Crippen LogP) is 2.88. The fourth-order valence-electron chi connectivity index (χ4n) is 3.98. The lowest BCUT2D eigenvalue weighted by atomic mass is 9.89. The normalized spacial score (nSPS) is 16.0. The van der Waals surface area contributed by atoms with E-state index in [2.05, 4.69) is 22.3 Å². The van der Waals surface area contributed by atoms with E-state index in [0.717, 1.165) is 29.5 Å². The summed E-state index contributed by atoms with van der Waals surface area (Å²) >= 11 is 1.69. The molecule has 1 N–H and O–H groups in total. The van der Waals surface area contributed by atoms with Crippen molar-refractivity contribution in [2.75, 3.05) is 12.4 Å². The number of carbonyl (C=O) groups excluding carboxylic acids is 1. The third kappa shape index (κ3) is 3.15. The van der Waals surface area contributed by atoms with Crippen LogP contribution in [0.25, 0.3) is 15.9 Å². The molecule has 30 heavy (non-hydrogen) atoms.